The minimum atomic E-state index is -0.555. The highest BCUT2D eigenvalue weighted by molar-refractivity contribution is 6.31. The Labute approximate surface area is 167 Å². The number of anilines is 1. The molecule has 2 N–H and O–H groups in total. The van der Waals surface area contributed by atoms with Gasteiger partial charge in [0, 0.05) is 23.4 Å². The molecular weight excluding hydrogens is 379 g/mol. The number of rotatable bonds is 5. The van der Waals surface area contributed by atoms with Crippen LogP contribution in [0.25, 0.3) is 0 Å². The van der Waals surface area contributed by atoms with Crippen LogP contribution in [0.5, 0.6) is 0 Å². The highest BCUT2D eigenvalue weighted by atomic mass is 35.5. The van der Waals surface area contributed by atoms with E-state index in [1.807, 2.05) is 31.2 Å². The number of nitrogens with one attached hydrogen (secondary N) is 2. The van der Waals surface area contributed by atoms with E-state index in [0.717, 1.165) is 11.1 Å². The molecule has 0 heterocycles. The van der Waals surface area contributed by atoms with E-state index in [-0.39, 0.29) is 16.8 Å². The Balaban J connectivity index is 1.62. The lowest BCUT2D eigenvalue weighted by Crippen LogP contribution is -2.23. The van der Waals surface area contributed by atoms with Crippen molar-refractivity contribution < 1.29 is 14.0 Å². The van der Waals surface area contributed by atoms with Crippen molar-refractivity contribution in [2.45, 2.75) is 13.5 Å². The van der Waals surface area contributed by atoms with Crippen molar-refractivity contribution >= 4 is 29.1 Å². The quantitative estimate of drug-likeness (QED) is 0.639. The molecule has 0 unspecified atom stereocenters. The monoisotopic (exact) mass is 396 g/mol. The molecule has 28 heavy (non-hydrogen) atoms. The van der Waals surface area contributed by atoms with Gasteiger partial charge in [0.15, 0.2) is 0 Å². The van der Waals surface area contributed by atoms with Crippen LogP contribution in [-0.4, -0.2) is 11.8 Å². The summed E-state index contributed by atoms with van der Waals surface area (Å²) in [4.78, 5) is 24.6. The van der Waals surface area contributed by atoms with E-state index in [4.69, 9.17) is 11.6 Å². The Morgan fingerprint density at radius 2 is 1.57 bits per heavy atom. The summed E-state index contributed by atoms with van der Waals surface area (Å²) >= 11 is 5.71. The van der Waals surface area contributed by atoms with Gasteiger partial charge in [0.25, 0.3) is 11.8 Å². The highest BCUT2D eigenvalue weighted by Crippen LogP contribution is 2.20. The highest BCUT2D eigenvalue weighted by Gasteiger charge is 2.10. The SMILES string of the molecule is Cc1ccccc1CNC(=O)c1ccc(C(=O)Nc2ccc(F)c(Cl)c2)cc1. The summed E-state index contributed by atoms with van der Waals surface area (Å²) in [7, 11) is 0. The van der Waals surface area contributed by atoms with Crippen molar-refractivity contribution in [1.82, 2.24) is 5.32 Å². The molecule has 3 aromatic rings. The van der Waals surface area contributed by atoms with Gasteiger partial charge in [-0.2, -0.15) is 0 Å². The number of hydrogen-bond acceptors (Lipinski definition) is 2. The van der Waals surface area contributed by atoms with Crippen molar-refractivity contribution in [1.29, 1.82) is 0 Å². The van der Waals surface area contributed by atoms with Crippen LogP contribution in [0, 0.1) is 12.7 Å². The van der Waals surface area contributed by atoms with Crippen molar-refractivity contribution in [3.05, 3.63) is 99.8 Å². The largest absolute Gasteiger partial charge is 0.348 e. The summed E-state index contributed by atoms with van der Waals surface area (Å²) in [5.41, 5.74) is 3.36. The van der Waals surface area contributed by atoms with Gasteiger partial charge in [-0.05, 0) is 60.5 Å². The summed E-state index contributed by atoms with van der Waals surface area (Å²) in [6, 6.07) is 18.1. The van der Waals surface area contributed by atoms with E-state index in [1.165, 1.54) is 18.2 Å². The summed E-state index contributed by atoms with van der Waals surface area (Å²) in [6.45, 7) is 2.42. The maximum atomic E-state index is 13.2. The first kappa shape index (κ1) is 19.6. The first-order valence-electron chi connectivity index (χ1n) is 8.63. The van der Waals surface area contributed by atoms with Gasteiger partial charge < -0.3 is 10.6 Å². The minimum Gasteiger partial charge on any atom is -0.348 e. The molecule has 0 aliphatic carbocycles. The molecule has 0 bridgehead atoms. The zero-order valence-corrected chi connectivity index (χ0v) is 15.9. The van der Waals surface area contributed by atoms with Crippen LogP contribution in [0.4, 0.5) is 10.1 Å². The zero-order valence-electron chi connectivity index (χ0n) is 15.1. The second-order valence-corrected chi connectivity index (χ2v) is 6.68. The Morgan fingerprint density at radius 3 is 2.21 bits per heavy atom. The first-order chi connectivity index (χ1) is 13.4. The summed E-state index contributed by atoms with van der Waals surface area (Å²) < 4.78 is 13.2. The number of carbonyl (C=O) groups is 2. The van der Waals surface area contributed by atoms with Gasteiger partial charge in [-0.1, -0.05) is 35.9 Å². The third-order valence-electron chi connectivity index (χ3n) is 4.29. The molecule has 0 spiro atoms. The second kappa shape index (κ2) is 8.67. The summed E-state index contributed by atoms with van der Waals surface area (Å²) in [5, 5.41) is 5.43. The van der Waals surface area contributed by atoms with Gasteiger partial charge in [0.1, 0.15) is 5.82 Å². The molecule has 0 saturated heterocycles. The van der Waals surface area contributed by atoms with E-state index < -0.39 is 5.82 Å². The molecule has 0 aliphatic rings. The third kappa shape index (κ3) is 4.75. The van der Waals surface area contributed by atoms with Crippen molar-refractivity contribution in [2.24, 2.45) is 0 Å². The molecule has 3 rings (SSSR count). The molecule has 0 aromatic heterocycles. The predicted molar refractivity (Wildman–Crippen MR) is 108 cm³/mol. The zero-order chi connectivity index (χ0) is 20.1. The molecule has 142 valence electrons. The molecule has 0 radical (unpaired) electrons. The minimum absolute atomic E-state index is 0.0709. The molecule has 0 saturated carbocycles. The van der Waals surface area contributed by atoms with Crippen LogP contribution in [0.15, 0.2) is 66.7 Å². The smallest absolute Gasteiger partial charge is 0.255 e. The fourth-order valence-electron chi connectivity index (χ4n) is 2.64. The van der Waals surface area contributed by atoms with Gasteiger partial charge in [-0.3, -0.25) is 9.59 Å². The number of hydrogen-bond donors (Lipinski definition) is 2. The molecule has 0 aliphatic heterocycles. The molecular formula is C22H18ClFN2O2. The van der Waals surface area contributed by atoms with Crippen molar-refractivity contribution in [3.63, 3.8) is 0 Å². The number of carbonyl (C=O) groups excluding carboxylic acids is 2. The lowest BCUT2D eigenvalue weighted by atomic mass is 10.1. The summed E-state index contributed by atoms with van der Waals surface area (Å²) in [5.74, 6) is -1.16. The van der Waals surface area contributed by atoms with Crippen molar-refractivity contribution in [2.75, 3.05) is 5.32 Å². The Morgan fingerprint density at radius 1 is 0.929 bits per heavy atom. The fraction of sp³-hybridized carbons (Fsp3) is 0.0909. The number of benzene rings is 3. The van der Waals surface area contributed by atoms with E-state index in [2.05, 4.69) is 10.6 Å². The van der Waals surface area contributed by atoms with Crippen LogP contribution in [0.2, 0.25) is 5.02 Å². The number of aryl methyl sites for hydroxylation is 1. The Kier molecular flexibility index (Phi) is 6.06. The third-order valence-corrected chi connectivity index (χ3v) is 4.58. The van der Waals surface area contributed by atoms with Gasteiger partial charge in [-0.15, -0.1) is 0 Å². The van der Waals surface area contributed by atoms with Crippen molar-refractivity contribution in [3.8, 4) is 0 Å². The van der Waals surface area contributed by atoms with E-state index in [0.29, 0.717) is 23.4 Å². The van der Waals surface area contributed by atoms with E-state index in [9.17, 15) is 14.0 Å². The first-order valence-corrected chi connectivity index (χ1v) is 9.01. The second-order valence-electron chi connectivity index (χ2n) is 6.27. The lowest BCUT2D eigenvalue weighted by molar-refractivity contribution is 0.0949. The standard InChI is InChI=1S/C22H18ClFN2O2/c1-14-4-2-3-5-17(14)13-25-21(27)15-6-8-16(9-7-15)22(28)26-18-10-11-20(24)19(23)12-18/h2-12H,13H2,1H3,(H,25,27)(H,26,28). The maximum Gasteiger partial charge on any atom is 0.255 e. The molecule has 6 heteroatoms. The maximum absolute atomic E-state index is 13.2. The number of amides is 2. The van der Waals surface area contributed by atoms with Crippen LogP contribution in [-0.2, 0) is 6.54 Å². The normalized spacial score (nSPS) is 10.4. The topological polar surface area (TPSA) is 58.2 Å². The molecule has 3 aromatic carbocycles. The fourth-order valence-corrected chi connectivity index (χ4v) is 2.82. The molecule has 0 fully saturated rings. The van der Waals surface area contributed by atoms with Crippen LogP contribution < -0.4 is 10.6 Å². The number of halogens is 2. The van der Waals surface area contributed by atoms with Crippen LogP contribution in [0.1, 0.15) is 31.8 Å². The Hall–Kier alpha value is -3.18. The van der Waals surface area contributed by atoms with Gasteiger partial charge in [0.2, 0.25) is 0 Å². The van der Waals surface area contributed by atoms with Gasteiger partial charge >= 0.3 is 0 Å². The van der Waals surface area contributed by atoms with E-state index >= 15 is 0 Å². The average Bonchev–Trinajstić information content (AvgIpc) is 2.70. The van der Waals surface area contributed by atoms with Gasteiger partial charge in [-0.25, -0.2) is 4.39 Å². The van der Waals surface area contributed by atoms with Crippen LogP contribution >= 0.6 is 11.6 Å². The molecule has 4 nitrogen and oxygen atoms in total. The Bertz CT molecular complexity index is 1020. The van der Waals surface area contributed by atoms with E-state index in [1.54, 1.807) is 24.3 Å². The van der Waals surface area contributed by atoms with Gasteiger partial charge in [0.05, 0.1) is 5.02 Å². The molecule has 0 atom stereocenters. The lowest BCUT2D eigenvalue weighted by Gasteiger charge is -2.09. The average molecular weight is 397 g/mol. The summed E-state index contributed by atoms with van der Waals surface area (Å²) in [6.07, 6.45) is 0. The molecule has 2 amide bonds. The van der Waals surface area contributed by atoms with Crippen LogP contribution in [0.3, 0.4) is 0 Å². The predicted octanol–water partition coefficient (Wildman–Crippen LogP) is 4.97.